The molecular formula is C21H33N5. The van der Waals surface area contributed by atoms with Crippen molar-refractivity contribution in [3.8, 4) is 0 Å². The molecule has 0 aromatic carbocycles. The second-order valence-corrected chi connectivity index (χ2v) is 7.47. The Morgan fingerprint density at radius 2 is 2.12 bits per heavy atom. The summed E-state index contributed by atoms with van der Waals surface area (Å²) in [6.07, 6.45) is 6.35. The van der Waals surface area contributed by atoms with E-state index in [9.17, 15) is 0 Å². The molecule has 26 heavy (non-hydrogen) atoms. The van der Waals surface area contributed by atoms with E-state index in [1.165, 1.54) is 6.42 Å². The molecule has 1 atom stereocenters. The highest BCUT2D eigenvalue weighted by Gasteiger charge is 2.36. The Kier molecular flexibility index (Phi) is 6.24. The summed E-state index contributed by atoms with van der Waals surface area (Å²) >= 11 is 0. The fourth-order valence-electron chi connectivity index (χ4n) is 3.45. The highest BCUT2D eigenvalue weighted by Crippen LogP contribution is 2.30. The van der Waals surface area contributed by atoms with Crippen LogP contribution in [0.2, 0.25) is 0 Å². The number of aryl methyl sites for hydroxylation is 1. The Balaban J connectivity index is 2.51. The molecule has 1 aromatic heterocycles. The summed E-state index contributed by atoms with van der Waals surface area (Å²) in [5, 5.41) is 10.3. The molecule has 2 rings (SSSR count). The van der Waals surface area contributed by atoms with Crippen LogP contribution in [0.15, 0.2) is 40.8 Å². The van der Waals surface area contributed by atoms with Gasteiger partial charge in [-0.2, -0.15) is 5.10 Å². The van der Waals surface area contributed by atoms with Crippen LogP contribution < -0.4 is 5.32 Å². The van der Waals surface area contributed by atoms with Crippen molar-refractivity contribution < 1.29 is 0 Å². The maximum Gasteiger partial charge on any atom is 0.0682 e. The lowest BCUT2D eigenvalue weighted by Gasteiger charge is -2.32. The first-order valence-electron chi connectivity index (χ1n) is 9.24. The largest absolute Gasteiger partial charge is 0.388 e. The molecular weight excluding hydrogens is 322 g/mol. The van der Waals surface area contributed by atoms with Gasteiger partial charge in [0.05, 0.1) is 17.4 Å². The van der Waals surface area contributed by atoms with E-state index >= 15 is 0 Å². The minimum atomic E-state index is 0.0137. The van der Waals surface area contributed by atoms with E-state index in [1.54, 1.807) is 0 Å². The monoisotopic (exact) mass is 355 g/mol. The Bertz CT molecular complexity index is 765. The number of aliphatic imine (C=N–C) groups is 1. The summed E-state index contributed by atoms with van der Waals surface area (Å²) in [5.41, 5.74) is 7.35. The van der Waals surface area contributed by atoms with Crippen LogP contribution >= 0.6 is 0 Å². The van der Waals surface area contributed by atoms with Gasteiger partial charge in [0, 0.05) is 29.7 Å². The van der Waals surface area contributed by atoms with Gasteiger partial charge >= 0.3 is 0 Å². The van der Waals surface area contributed by atoms with Crippen molar-refractivity contribution in [1.82, 2.24) is 20.4 Å². The average molecular weight is 356 g/mol. The Hall–Kier alpha value is -2.14. The van der Waals surface area contributed by atoms with E-state index < -0.39 is 0 Å². The fourth-order valence-corrected chi connectivity index (χ4v) is 3.45. The first kappa shape index (κ1) is 20.2. The molecule has 1 fully saturated rings. The highest BCUT2D eigenvalue weighted by molar-refractivity contribution is 5.92. The number of likely N-dealkylation sites (tertiary alicyclic amines) is 1. The molecule has 1 unspecified atom stereocenters. The third-order valence-corrected chi connectivity index (χ3v) is 5.81. The molecule has 0 saturated carbocycles. The van der Waals surface area contributed by atoms with E-state index in [0.29, 0.717) is 0 Å². The van der Waals surface area contributed by atoms with Gasteiger partial charge in [-0.05, 0) is 78.3 Å². The van der Waals surface area contributed by atoms with E-state index in [4.69, 9.17) is 4.99 Å². The molecule has 5 nitrogen and oxygen atoms in total. The lowest BCUT2D eigenvalue weighted by atomic mass is 9.93. The molecule has 0 bridgehead atoms. The van der Waals surface area contributed by atoms with Crippen molar-refractivity contribution in [1.29, 1.82) is 0 Å². The lowest BCUT2D eigenvalue weighted by molar-refractivity contribution is 0.271. The summed E-state index contributed by atoms with van der Waals surface area (Å²) in [6.45, 7) is 15.9. The fraction of sp³-hybridized carbons (Fsp3) is 0.524. The van der Waals surface area contributed by atoms with Crippen LogP contribution in [0, 0.1) is 6.92 Å². The number of nitrogens with one attached hydrogen (secondary N) is 2. The van der Waals surface area contributed by atoms with Gasteiger partial charge < -0.3 is 5.32 Å². The lowest BCUT2D eigenvalue weighted by Crippen LogP contribution is -2.44. The zero-order valence-electron chi connectivity index (χ0n) is 17.3. The first-order valence-corrected chi connectivity index (χ1v) is 9.24. The number of aromatic nitrogens is 2. The molecule has 1 saturated heterocycles. The first-order chi connectivity index (χ1) is 12.2. The van der Waals surface area contributed by atoms with Gasteiger partial charge in [0.2, 0.25) is 0 Å². The third-order valence-electron chi connectivity index (χ3n) is 5.81. The molecule has 1 aliphatic rings. The number of nitrogens with zero attached hydrogens (tertiary/aromatic N) is 3. The molecule has 142 valence electrons. The second-order valence-electron chi connectivity index (χ2n) is 7.47. The molecule has 1 aromatic rings. The quantitative estimate of drug-likeness (QED) is 0.597. The van der Waals surface area contributed by atoms with E-state index in [2.05, 4.69) is 67.8 Å². The molecule has 0 aliphatic carbocycles. The molecule has 0 spiro atoms. The smallest absolute Gasteiger partial charge is 0.0682 e. The molecule has 5 heteroatoms. The van der Waals surface area contributed by atoms with Crippen molar-refractivity contribution >= 4 is 11.3 Å². The van der Waals surface area contributed by atoms with E-state index in [0.717, 1.165) is 52.5 Å². The van der Waals surface area contributed by atoms with Crippen LogP contribution in [0.4, 0.5) is 0 Å². The van der Waals surface area contributed by atoms with Crippen LogP contribution in [0.3, 0.4) is 0 Å². The number of likely N-dealkylation sites (N-methyl/N-ethyl adjacent to an activating group) is 1. The van der Waals surface area contributed by atoms with Crippen molar-refractivity contribution in [3.63, 3.8) is 0 Å². The van der Waals surface area contributed by atoms with Crippen molar-refractivity contribution in [3.05, 3.63) is 47.1 Å². The normalized spacial score (nSPS) is 23.2. The Morgan fingerprint density at radius 3 is 2.62 bits per heavy atom. The number of allylic oxidation sites excluding steroid dienone is 3. The minimum absolute atomic E-state index is 0.0137. The molecule has 1 aliphatic heterocycles. The van der Waals surface area contributed by atoms with E-state index in [1.807, 2.05) is 20.2 Å². The average Bonchev–Trinajstić information content (AvgIpc) is 3.19. The summed E-state index contributed by atoms with van der Waals surface area (Å²) in [5.74, 6) is 0. The number of H-pyrrole nitrogens is 1. The number of rotatable bonds is 6. The molecule has 2 N–H and O–H groups in total. The van der Waals surface area contributed by atoms with Gasteiger partial charge in [-0.3, -0.25) is 15.0 Å². The van der Waals surface area contributed by atoms with Gasteiger partial charge in [0.15, 0.2) is 0 Å². The molecule has 0 amide bonds. The van der Waals surface area contributed by atoms with Crippen LogP contribution in [-0.4, -0.2) is 47.0 Å². The van der Waals surface area contributed by atoms with Crippen LogP contribution in [0.1, 0.15) is 51.8 Å². The van der Waals surface area contributed by atoms with Gasteiger partial charge in [0.25, 0.3) is 0 Å². The summed E-state index contributed by atoms with van der Waals surface area (Å²) in [7, 11) is 4.08. The maximum absolute atomic E-state index is 5.08. The second kappa shape index (κ2) is 8.04. The summed E-state index contributed by atoms with van der Waals surface area (Å²) in [6, 6.07) is 0. The van der Waals surface area contributed by atoms with Crippen LogP contribution in [-0.2, 0) is 0 Å². The predicted octanol–water partition coefficient (Wildman–Crippen LogP) is 4.07. The molecule has 2 heterocycles. The zero-order chi connectivity index (χ0) is 19.5. The van der Waals surface area contributed by atoms with Crippen LogP contribution in [0.25, 0.3) is 5.57 Å². The number of hydrogen-bond acceptors (Lipinski definition) is 4. The highest BCUT2D eigenvalue weighted by atomic mass is 15.2. The van der Waals surface area contributed by atoms with Gasteiger partial charge in [-0.15, -0.1) is 0 Å². The van der Waals surface area contributed by atoms with Gasteiger partial charge in [0.1, 0.15) is 0 Å². The standard InChI is InChI=1S/C21H33N5/c1-14(19-13-23-25-17(19)4)12-20(15(2)16(3)22-7)24-18(5)21(6)10-9-11-26(21)8/h12-13,22H,3,9-11H2,1-2,4-8H3,(H,23,25)/b14-12+,20-15-,24-18+. The minimum Gasteiger partial charge on any atom is -0.388 e. The summed E-state index contributed by atoms with van der Waals surface area (Å²) in [4.78, 5) is 7.48. The Morgan fingerprint density at radius 1 is 1.42 bits per heavy atom. The van der Waals surface area contributed by atoms with Gasteiger partial charge in [-0.1, -0.05) is 6.58 Å². The topological polar surface area (TPSA) is 56.3 Å². The number of aromatic amines is 1. The van der Waals surface area contributed by atoms with Crippen LogP contribution in [0.5, 0.6) is 0 Å². The third kappa shape index (κ3) is 3.98. The summed E-state index contributed by atoms with van der Waals surface area (Å²) < 4.78 is 0. The zero-order valence-corrected chi connectivity index (χ0v) is 17.3. The predicted molar refractivity (Wildman–Crippen MR) is 111 cm³/mol. The SMILES string of the molecule is C=C(NC)/C(C)=C(/C=C(\C)c1cn[nH]c1C)\N=C(/C)C1(C)CCCN1C. The van der Waals surface area contributed by atoms with Crippen molar-refractivity contribution in [2.45, 2.75) is 53.0 Å². The van der Waals surface area contributed by atoms with Crippen molar-refractivity contribution in [2.75, 3.05) is 20.6 Å². The number of hydrogen-bond donors (Lipinski definition) is 2. The van der Waals surface area contributed by atoms with Crippen molar-refractivity contribution in [2.24, 2.45) is 4.99 Å². The van der Waals surface area contributed by atoms with E-state index in [-0.39, 0.29) is 5.54 Å². The molecule has 0 radical (unpaired) electrons. The maximum atomic E-state index is 5.08. The van der Waals surface area contributed by atoms with Gasteiger partial charge in [-0.25, -0.2) is 0 Å². The Labute approximate surface area is 158 Å².